The van der Waals surface area contributed by atoms with Crippen molar-refractivity contribution < 1.29 is 8.78 Å². The number of hydrogen-bond acceptors (Lipinski definition) is 2. The van der Waals surface area contributed by atoms with Gasteiger partial charge in [-0.3, -0.25) is 0 Å². The second kappa shape index (κ2) is 3.31. The Morgan fingerprint density at radius 1 is 1.33 bits per heavy atom. The van der Waals surface area contributed by atoms with E-state index in [4.69, 9.17) is 17.3 Å². The Morgan fingerprint density at radius 2 is 2.00 bits per heavy atom. The lowest BCUT2D eigenvalue weighted by molar-refractivity contribution is 0.515. The summed E-state index contributed by atoms with van der Waals surface area (Å²) in [6.07, 6.45) is 0. The first kappa shape index (κ1) is 10.1. The summed E-state index contributed by atoms with van der Waals surface area (Å²) in [7, 11) is 0. The van der Waals surface area contributed by atoms with Crippen LogP contribution in [0.2, 0.25) is 5.02 Å². The van der Waals surface area contributed by atoms with Gasteiger partial charge in [-0.15, -0.1) is 0 Å². The van der Waals surface area contributed by atoms with Gasteiger partial charge in [0.2, 0.25) is 0 Å². The lowest BCUT2D eigenvalue weighted by atomic mass is 10.1. The molecule has 0 radical (unpaired) electrons. The Morgan fingerprint density at radius 3 is 2.67 bits per heavy atom. The van der Waals surface area contributed by atoms with E-state index in [1.54, 1.807) is 6.92 Å². The number of aryl methyl sites for hydroxylation is 1. The van der Waals surface area contributed by atoms with Crippen molar-refractivity contribution in [1.29, 1.82) is 0 Å². The van der Waals surface area contributed by atoms with Crippen LogP contribution in [-0.4, -0.2) is 4.98 Å². The van der Waals surface area contributed by atoms with Crippen LogP contribution < -0.4 is 5.73 Å². The van der Waals surface area contributed by atoms with Crippen molar-refractivity contribution in [2.75, 3.05) is 5.73 Å². The summed E-state index contributed by atoms with van der Waals surface area (Å²) in [4.78, 5) is 3.87. The molecule has 0 saturated heterocycles. The monoisotopic (exact) mass is 228 g/mol. The fraction of sp³-hybridized carbons (Fsp3) is 0.100. The van der Waals surface area contributed by atoms with Crippen LogP contribution in [0.1, 0.15) is 5.69 Å². The molecule has 0 aliphatic heterocycles. The van der Waals surface area contributed by atoms with E-state index in [0.717, 1.165) is 6.07 Å². The van der Waals surface area contributed by atoms with E-state index < -0.39 is 11.6 Å². The molecule has 0 atom stereocenters. The molecule has 5 heteroatoms. The van der Waals surface area contributed by atoms with Crippen LogP contribution in [0.25, 0.3) is 10.9 Å². The molecule has 2 N–H and O–H groups in total. The third-order valence-electron chi connectivity index (χ3n) is 2.19. The average Bonchev–Trinajstić information content (AvgIpc) is 2.21. The van der Waals surface area contributed by atoms with E-state index in [1.165, 1.54) is 6.07 Å². The maximum atomic E-state index is 13.4. The Kier molecular flexibility index (Phi) is 2.23. The fourth-order valence-corrected chi connectivity index (χ4v) is 1.54. The molecule has 0 spiro atoms. The number of nitrogens with zero attached hydrogens (tertiary/aromatic N) is 1. The molecule has 2 nitrogen and oxygen atoms in total. The van der Waals surface area contributed by atoms with Gasteiger partial charge in [0.05, 0.1) is 16.4 Å². The van der Waals surface area contributed by atoms with Crippen molar-refractivity contribution in [2.24, 2.45) is 0 Å². The Balaban J connectivity index is 2.98. The van der Waals surface area contributed by atoms with Gasteiger partial charge < -0.3 is 5.73 Å². The van der Waals surface area contributed by atoms with Gasteiger partial charge in [0.1, 0.15) is 5.52 Å². The van der Waals surface area contributed by atoms with Crippen LogP contribution in [0.5, 0.6) is 0 Å². The number of nitrogen functional groups attached to an aromatic ring is 1. The Hall–Kier alpha value is -1.42. The Bertz CT molecular complexity index is 555. The largest absolute Gasteiger partial charge is 0.397 e. The van der Waals surface area contributed by atoms with Gasteiger partial charge in [-0.1, -0.05) is 11.6 Å². The number of rotatable bonds is 0. The molecular weight excluding hydrogens is 222 g/mol. The second-order valence-corrected chi connectivity index (χ2v) is 3.56. The molecule has 1 aromatic heterocycles. The summed E-state index contributed by atoms with van der Waals surface area (Å²) in [6.45, 7) is 1.59. The standard InChI is InChI=1S/C10H7ClF2N2/c1-4-7(11)9(14)5-2-3-6(12)8(13)10(5)15-4/h2-3H,1H3,(H2,14,15). The molecule has 0 unspecified atom stereocenters. The normalized spacial score (nSPS) is 10.9. The van der Waals surface area contributed by atoms with E-state index in [2.05, 4.69) is 4.98 Å². The van der Waals surface area contributed by atoms with Crippen molar-refractivity contribution in [1.82, 2.24) is 4.98 Å². The second-order valence-electron chi connectivity index (χ2n) is 3.18. The zero-order valence-corrected chi connectivity index (χ0v) is 8.57. The first-order valence-corrected chi connectivity index (χ1v) is 4.59. The Labute approximate surface area is 89.7 Å². The molecule has 15 heavy (non-hydrogen) atoms. The lowest BCUT2D eigenvalue weighted by Crippen LogP contribution is -1.98. The number of fused-ring (bicyclic) bond motifs is 1. The van der Waals surface area contributed by atoms with Gasteiger partial charge in [0.15, 0.2) is 11.6 Å². The molecule has 78 valence electrons. The van der Waals surface area contributed by atoms with E-state index in [1.807, 2.05) is 0 Å². The number of nitrogens with two attached hydrogens (primary N) is 1. The fourth-order valence-electron chi connectivity index (χ4n) is 1.40. The SMILES string of the molecule is Cc1nc2c(F)c(F)ccc2c(N)c1Cl. The zero-order chi connectivity index (χ0) is 11.2. The van der Waals surface area contributed by atoms with Crippen molar-refractivity contribution in [3.63, 3.8) is 0 Å². The number of hydrogen-bond donors (Lipinski definition) is 1. The predicted molar refractivity (Wildman–Crippen MR) is 55.8 cm³/mol. The number of anilines is 1. The van der Waals surface area contributed by atoms with Crippen molar-refractivity contribution >= 4 is 28.2 Å². The summed E-state index contributed by atoms with van der Waals surface area (Å²) in [5, 5.41) is 0.595. The van der Waals surface area contributed by atoms with E-state index in [-0.39, 0.29) is 16.2 Å². The van der Waals surface area contributed by atoms with Crippen LogP contribution in [0.3, 0.4) is 0 Å². The van der Waals surface area contributed by atoms with Crippen LogP contribution >= 0.6 is 11.6 Å². The van der Waals surface area contributed by atoms with Gasteiger partial charge in [-0.2, -0.15) is 0 Å². The van der Waals surface area contributed by atoms with Gasteiger partial charge in [-0.25, -0.2) is 13.8 Å². The van der Waals surface area contributed by atoms with Crippen molar-refractivity contribution in [2.45, 2.75) is 6.92 Å². The molecule has 0 bridgehead atoms. The van der Waals surface area contributed by atoms with Crippen LogP contribution in [-0.2, 0) is 0 Å². The molecule has 1 heterocycles. The lowest BCUT2D eigenvalue weighted by Gasteiger charge is -2.07. The van der Waals surface area contributed by atoms with Crippen LogP contribution in [0.4, 0.5) is 14.5 Å². The maximum absolute atomic E-state index is 13.4. The van der Waals surface area contributed by atoms with Crippen molar-refractivity contribution in [3.8, 4) is 0 Å². The van der Waals surface area contributed by atoms with Gasteiger partial charge in [-0.05, 0) is 19.1 Å². The highest BCUT2D eigenvalue weighted by Crippen LogP contribution is 2.31. The van der Waals surface area contributed by atoms with Crippen LogP contribution in [0, 0.1) is 18.6 Å². The van der Waals surface area contributed by atoms with Gasteiger partial charge in [0.25, 0.3) is 0 Å². The zero-order valence-electron chi connectivity index (χ0n) is 7.81. The number of halogens is 3. The molecule has 1 aromatic carbocycles. The minimum absolute atomic E-state index is 0.0885. The highest BCUT2D eigenvalue weighted by molar-refractivity contribution is 6.35. The van der Waals surface area contributed by atoms with Gasteiger partial charge >= 0.3 is 0 Å². The van der Waals surface area contributed by atoms with Crippen LogP contribution in [0.15, 0.2) is 12.1 Å². The maximum Gasteiger partial charge on any atom is 0.185 e. The molecule has 0 fully saturated rings. The summed E-state index contributed by atoms with van der Waals surface area (Å²) in [5.74, 6) is -1.95. The molecule has 2 aromatic rings. The first-order chi connectivity index (χ1) is 7.02. The number of pyridine rings is 1. The number of aromatic nitrogens is 1. The smallest absolute Gasteiger partial charge is 0.185 e. The predicted octanol–water partition coefficient (Wildman–Crippen LogP) is 3.06. The molecular formula is C10H7ClF2N2. The summed E-state index contributed by atoms with van der Waals surface area (Å²) >= 11 is 5.85. The summed E-state index contributed by atoms with van der Waals surface area (Å²) in [6, 6.07) is 2.36. The van der Waals surface area contributed by atoms with E-state index in [9.17, 15) is 8.78 Å². The van der Waals surface area contributed by atoms with Gasteiger partial charge in [0, 0.05) is 5.39 Å². The summed E-state index contributed by atoms with van der Waals surface area (Å²) in [5.41, 5.74) is 6.19. The van der Waals surface area contributed by atoms with E-state index in [0.29, 0.717) is 11.1 Å². The average molecular weight is 229 g/mol. The molecule has 0 saturated carbocycles. The minimum Gasteiger partial charge on any atom is -0.397 e. The highest BCUT2D eigenvalue weighted by Gasteiger charge is 2.14. The molecule has 0 aliphatic rings. The minimum atomic E-state index is -1.00. The third-order valence-corrected chi connectivity index (χ3v) is 2.67. The molecule has 0 aliphatic carbocycles. The van der Waals surface area contributed by atoms with E-state index >= 15 is 0 Å². The van der Waals surface area contributed by atoms with Crippen molar-refractivity contribution in [3.05, 3.63) is 34.5 Å². The summed E-state index contributed by atoms with van der Waals surface area (Å²) < 4.78 is 26.3. The number of benzene rings is 1. The highest BCUT2D eigenvalue weighted by atomic mass is 35.5. The quantitative estimate of drug-likeness (QED) is 0.753. The molecule has 0 amide bonds. The topological polar surface area (TPSA) is 38.9 Å². The third kappa shape index (κ3) is 1.41. The first-order valence-electron chi connectivity index (χ1n) is 4.21. The molecule has 2 rings (SSSR count).